The van der Waals surface area contributed by atoms with Gasteiger partial charge in [-0.05, 0) is 25.1 Å². The summed E-state index contributed by atoms with van der Waals surface area (Å²) in [5.41, 5.74) is 6.16. The molecule has 0 bridgehead atoms. The molecule has 2 heterocycles. The van der Waals surface area contributed by atoms with Crippen molar-refractivity contribution in [1.29, 1.82) is 0 Å². The molecule has 8 heteroatoms. The maximum atomic E-state index is 12.1. The second-order valence-corrected chi connectivity index (χ2v) is 5.27. The highest BCUT2D eigenvalue weighted by Crippen LogP contribution is 2.32. The maximum Gasteiger partial charge on any atom is 0.257 e. The highest BCUT2D eigenvalue weighted by atomic mass is 32.1. The molecule has 1 amide bonds. The molecular formula is C12H12N4O3S. The van der Waals surface area contributed by atoms with Crippen LogP contribution in [0.1, 0.15) is 28.3 Å². The van der Waals surface area contributed by atoms with Gasteiger partial charge < -0.3 is 15.2 Å². The number of anilines is 1. The second kappa shape index (κ2) is 5.06. The molecule has 0 fully saturated rings. The predicted molar refractivity (Wildman–Crippen MR) is 73.0 cm³/mol. The van der Waals surface area contributed by atoms with Gasteiger partial charge in [-0.25, -0.2) is 0 Å². The van der Waals surface area contributed by atoms with Gasteiger partial charge in [0.1, 0.15) is 5.01 Å². The molecule has 20 heavy (non-hydrogen) atoms. The van der Waals surface area contributed by atoms with Gasteiger partial charge in [0.25, 0.3) is 5.91 Å². The lowest BCUT2D eigenvalue weighted by molar-refractivity contribution is 0.102. The van der Waals surface area contributed by atoms with Crippen molar-refractivity contribution in [2.45, 2.75) is 13.0 Å². The standard InChI is InChI=1S/C12H12N4O3S/c1-6(13)11-15-16-12(20-11)14-10(17)7-2-3-8-9(4-7)19-5-18-8/h2-4,6H,5,13H2,1H3,(H,14,16,17). The Morgan fingerprint density at radius 1 is 1.40 bits per heavy atom. The fraction of sp³-hybridized carbons (Fsp3) is 0.250. The van der Waals surface area contributed by atoms with Gasteiger partial charge in [-0.15, -0.1) is 10.2 Å². The second-order valence-electron chi connectivity index (χ2n) is 4.26. The maximum absolute atomic E-state index is 12.1. The molecule has 1 aromatic heterocycles. The van der Waals surface area contributed by atoms with Crippen LogP contribution in [0.15, 0.2) is 18.2 Å². The van der Waals surface area contributed by atoms with Crippen molar-refractivity contribution < 1.29 is 14.3 Å². The van der Waals surface area contributed by atoms with E-state index < -0.39 is 0 Å². The van der Waals surface area contributed by atoms with Crippen LogP contribution in [-0.4, -0.2) is 22.9 Å². The molecule has 0 saturated carbocycles. The molecule has 0 spiro atoms. The number of nitrogens with two attached hydrogens (primary N) is 1. The van der Waals surface area contributed by atoms with Gasteiger partial charge in [-0.3, -0.25) is 10.1 Å². The van der Waals surface area contributed by atoms with Gasteiger partial charge >= 0.3 is 0 Å². The first-order valence-electron chi connectivity index (χ1n) is 5.93. The summed E-state index contributed by atoms with van der Waals surface area (Å²) < 4.78 is 10.4. The van der Waals surface area contributed by atoms with Crippen LogP contribution in [-0.2, 0) is 0 Å². The largest absolute Gasteiger partial charge is 0.454 e. The Hall–Kier alpha value is -2.19. The third kappa shape index (κ3) is 2.43. The lowest BCUT2D eigenvalue weighted by atomic mass is 10.2. The fourth-order valence-electron chi connectivity index (χ4n) is 1.68. The minimum atomic E-state index is -0.282. The third-order valence-electron chi connectivity index (χ3n) is 2.69. The summed E-state index contributed by atoms with van der Waals surface area (Å²) in [4.78, 5) is 12.1. The normalized spacial score (nSPS) is 14.1. The van der Waals surface area contributed by atoms with Gasteiger partial charge in [-0.2, -0.15) is 0 Å². The van der Waals surface area contributed by atoms with Gasteiger partial charge in [0.05, 0.1) is 6.04 Å². The Bertz CT molecular complexity index is 656. The molecular weight excluding hydrogens is 280 g/mol. The first-order valence-corrected chi connectivity index (χ1v) is 6.75. The number of benzene rings is 1. The van der Waals surface area contributed by atoms with Crippen LogP contribution in [0, 0.1) is 0 Å². The van der Waals surface area contributed by atoms with Gasteiger partial charge in [0.2, 0.25) is 11.9 Å². The summed E-state index contributed by atoms with van der Waals surface area (Å²) in [6.45, 7) is 1.98. The van der Waals surface area contributed by atoms with Crippen LogP contribution < -0.4 is 20.5 Å². The number of amides is 1. The summed E-state index contributed by atoms with van der Waals surface area (Å²) in [7, 11) is 0. The molecule has 1 aromatic carbocycles. The van der Waals surface area contributed by atoms with Crippen molar-refractivity contribution in [2.24, 2.45) is 5.73 Å². The molecule has 1 aliphatic rings. The molecule has 1 aliphatic heterocycles. The minimum absolute atomic E-state index is 0.175. The fourth-order valence-corrected chi connectivity index (χ4v) is 2.37. The molecule has 0 aliphatic carbocycles. The Balaban J connectivity index is 1.75. The number of nitrogens with zero attached hydrogens (tertiary/aromatic N) is 2. The molecule has 0 radical (unpaired) electrons. The third-order valence-corrected chi connectivity index (χ3v) is 3.73. The minimum Gasteiger partial charge on any atom is -0.454 e. The SMILES string of the molecule is CC(N)c1nnc(NC(=O)c2ccc3c(c2)OCO3)s1. The predicted octanol–water partition coefficient (Wildman–Crippen LogP) is 1.54. The number of carbonyl (C=O) groups excluding carboxylic acids is 1. The van der Waals surface area contributed by atoms with E-state index in [1.165, 1.54) is 11.3 Å². The van der Waals surface area contributed by atoms with Crippen LogP contribution >= 0.6 is 11.3 Å². The first-order chi connectivity index (χ1) is 9.63. The zero-order valence-electron chi connectivity index (χ0n) is 10.6. The smallest absolute Gasteiger partial charge is 0.257 e. The van der Waals surface area contributed by atoms with E-state index >= 15 is 0 Å². The van der Waals surface area contributed by atoms with E-state index in [-0.39, 0.29) is 18.7 Å². The number of nitrogens with one attached hydrogen (secondary N) is 1. The zero-order chi connectivity index (χ0) is 14.1. The summed E-state index contributed by atoms with van der Waals surface area (Å²) >= 11 is 1.25. The van der Waals surface area contributed by atoms with E-state index in [9.17, 15) is 4.79 Å². The van der Waals surface area contributed by atoms with Crippen LogP contribution in [0.2, 0.25) is 0 Å². The van der Waals surface area contributed by atoms with Crippen LogP contribution in [0.4, 0.5) is 5.13 Å². The lowest BCUT2D eigenvalue weighted by Gasteiger charge is -2.02. The summed E-state index contributed by atoms with van der Waals surface area (Å²) in [6.07, 6.45) is 0. The number of fused-ring (bicyclic) bond motifs is 1. The van der Waals surface area contributed by atoms with Crippen molar-refractivity contribution in [1.82, 2.24) is 10.2 Å². The molecule has 1 atom stereocenters. The van der Waals surface area contributed by atoms with Gasteiger partial charge in [0, 0.05) is 5.56 Å². The van der Waals surface area contributed by atoms with Crippen LogP contribution in [0.5, 0.6) is 11.5 Å². The highest BCUT2D eigenvalue weighted by molar-refractivity contribution is 7.15. The summed E-state index contributed by atoms with van der Waals surface area (Å²) in [5.74, 6) is 0.915. The zero-order valence-corrected chi connectivity index (χ0v) is 11.4. The number of carbonyl (C=O) groups is 1. The van der Waals surface area contributed by atoms with Crippen molar-refractivity contribution in [3.05, 3.63) is 28.8 Å². The van der Waals surface area contributed by atoms with E-state index in [0.717, 1.165) is 0 Å². The van der Waals surface area contributed by atoms with Gasteiger partial charge in [0.15, 0.2) is 11.5 Å². The van der Waals surface area contributed by atoms with Crippen molar-refractivity contribution >= 4 is 22.4 Å². The number of hydrogen-bond donors (Lipinski definition) is 2. The van der Waals surface area contributed by atoms with E-state index in [1.54, 1.807) is 18.2 Å². The van der Waals surface area contributed by atoms with Crippen molar-refractivity contribution in [2.75, 3.05) is 12.1 Å². The average molecular weight is 292 g/mol. The van der Waals surface area contributed by atoms with E-state index in [1.807, 2.05) is 6.92 Å². The number of ether oxygens (including phenoxy) is 2. The highest BCUT2D eigenvalue weighted by Gasteiger charge is 2.17. The quantitative estimate of drug-likeness (QED) is 0.890. The van der Waals surface area contributed by atoms with Gasteiger partial charge in [-0.1, -0.05) is 11.3 Å². The molecule has 1 unspecified atom stereocenters. The first kappa shape index (κ1) is 12.8. The number of hydrogen-bond acceptors (Lipinski definition) is 7. The van der Waals surface area contributed by atoms with E-state index in [0.29, 0.717) is 27.2 Å². The Morgan fingerprint density at radius 3 is 2.95 bits per heavy atom. The average Bonchev–Trinajstić information content (AvgIpc) is 3.05. The van der Waals surface area contributed by atoms with E-state index in [2.05, 4.69) is 15.5 Å². The summed E-state index contributed by atoms with van der Waals surface area (Å²) in [5, 5.41) is 11.5. The van der Waals surface area contributed by atoms with Crippen molar-refractivity contribution in [3.8, 4) is 11.5 Å². The molecule has 7 nitrogen and oxygen atoms in total. The molecule has 0 saturated heterocycles. The van der Waals surface area contributed by atoms with E-state index in [4.69, 9.17) is 15.2 Å². The molecule has 3 N–H and O–H groups in total. The topological polar surface area (TPSA) is 99.4 Å². The monoisotopic (exact) mass is 292 g/mol. The molecule has 2 aromatic rings. The Morgan fingerprint density at radius 2 is 2.20 bits per heavy atom. The molecule has 3 rings (SSSR count). The number of rotatable bonds is 3. The Kier molecular flexibility index (Phi) is 3.25. The summed E-state index contributed by atoms with van der Waals surface area (Å²) in [6, 6.07) is 4.79. The molecule has 104 valence electrons. The Labute approximate surface area is 118 Å². The van der Waals surface area contributed by atoms with Crippen LogP contribution in [0.3, 0.4) is 0 Å². The van der Waals surface area contributed by atoms with Crippen LogP contribution in [0.25, 0.3) is 0 Å². The lowest BCUT2D eigenvalue weighted by Crippen LogP contribution is -2.11. The number of aromatic nitrogens is 2. The van der Waals surface area contributed by atoms with Crippen molar-refractivity contribution in [3.63, 3.8) is 0 Å².